The number of hydrogen-bond acceptors (Lipinski definition) is 5. The molecule has 0 unspecified atom stereocenters. The Balaban J connectivity index is 1.65. The quantitative estimate of drug-likeness (QED) is 0.772. The van der Waals surface area contributed by atoms with Crippen LogP contribution in [-0.2, 0) is 4.79 Å². The molecule has 0 aliphatic carbocycles. The van der Waals surface area contributed by atoms with E-state index in [0.717, 1.165) is 32.5 Å². The zero-order chi connectivity index (χ0) is 16.7. The smallest absolute Gasteiger partial charge is 0.298 e. The zero-order valence-corrected chi connectivity index (χ0v) is 14.5. The van der Waals surface area contributed by atoms with Crippen LogP contribution < -0.4 is 10.1 Å². The number of nitrogens with zero attached hydrogens (tertiary/aromatic N) is 2. The number of carbonyl (C=O) groups is 2. The summed E-state index contributed by atoms with van der Waals surface area (Å²) >= 11 is 3.35. The van der Waals surface area contributed by atoms with Crippen LogP contribution in [0, 0.1) is 5.92 Å². The van der Waals surface area contributed by atoms with Gasteiger partial charge in [-0.05, 0) is 59.9 Å². The first-order valence-corrected chi connectivity index (χ1v) is 8.76. The Kier molecular flexibility index (Phi) is 4.01. The number of fused-ring (bicyclic) bond motifs is 4. The maximum Gasteiger partial charge on any atom is 0.298 e. The molecule has 0 saturated carbocycles. The molecule has 3 aliphatic heterocycles. The van der Waals surface area contributed by atoms with E-state index in [0.29, 0.717) is 33.5 Å². The van der Waals surface area contributed by atoms with E-state index in [1.54, 1.807) is 12.1 Å². The Labute approximate surface area is 146 Å². The lowest BCUT2D eigenvalue weighted by Gasteiger charge is -2.44. The maximum atomic E-state index is 12.8. The Morgan fingerprint density at radius 1 is 1.42 bits per heavy atom. The Morgan fingerprint density at radius 2 is 2.21 bits per heavy atom. The highest BCUT2D eigenvalue weighted by Crippen LogP contribution is 2.35. The van der Waals surface area contributed by atoms with Gasteiger partial charge < -0.3 is 15.0 Å². The summed E-state index contributed by atoms with van der Waals surface area (Å²) in [5.41, 5.74) is 0.897. The summed E-state index contributed by atoms with van der Waals surface area (Å²) in [7, 11) is 0. The minimum Gasteiger partial charge on any atom is -0.427 e. The maximum absolute atomic E-state index is 12.8. The lowest BCUT2D eigenvalue weighted by atomic mass is 9.84. The van der Waals surface area contributed by atoms with Crippen molar-refractivity contribution in [2.75, 3.05) is 19.6 Å². The highest BCUT2D eigenvalue weighted by atomic mass is 79.9. The van der Waals surface area contributed by atoms with Crippen molar-refractivity contribution in [3.8, 4) is 5.75 Å². The number of nitrogens with one attached hydrogen (secondary N) is 2. The Hall–Kier alpha value is -1.93. The first-order valence-electron chi connectivity index (χ1n) is 7.97. The first kappa shape index (κ1) is 15.6. The number of rotatable bonds is 4. The van der Waals surface area contributed by atoms with Crippen LogP contribution in [0.3, 0.4) is 0 Å². The van der Waals surface area contributed by atoms with Crippen LogP contribution in [0.15, 0.2) is 16.6 Å². The minimum absolute atomic E-state index is 0.148. The normalized spacial score (nSPS) is 25.6. The molecule has 3 aliphatic rings. The molecular formula is C16H17BrN4O3. The molecule has 2 aromatic rings. The summed E-state index contributed by atoms with van der Waals surface area (Å²) in [6.07, 6.45) is 2.24. The van der Waals surface area contributed by atoms with E-state index in [4.69, 9.17) is 4.74 Å². The number of halogens is 1. The van der Waals surface area contributed by atoms with Crippen LogP contribution in [0.4, 0.5) is 0 Å². The molecule has 7 nitrogen and oxygen atoms in total. The van der Waals surface area contributed by atoms with E-state index < -0.39 is 0 Å². The molecule has 4 heterocycles. The average Bonchev–Trinajstić information content (AvgIpc) is 3.03. The highest BCUT2D eigenvalue weighted by molar-refractivity contribution is 9.10. The lowest BCUT2D eigenvalue weighted by Crippen LogP contribution is -2.57. The van der Waals surface area contributed by atoms with Crippen molar-refractivity contribution in [1.82, 2.24) is 20.4 Å². The molecule has 8 heteroatoms. The third-order valence-corrected chi connectivity index (χ3v) is 5.61. The van der Waals surface area contributed by atoms with E-state index in [2.05, 4.69) is 36.3 Å². The van der Waals surface area contributed by atoms with Gasteiger partial charge >= 0.3 is 0 Å². The fourth-order valence-corrected chi connectivity index (χ4v) is 4.17. The predicted molar refractivity (Wildman–Crippen MR) is 90.9 cm³/mol. The van der Waals surface area contributed by atoms with E-state index in [9.17, 15) is 9.59 Å². The summed E-state index contributed by atoms with van der Waals surface area (Å²) in [5.74, 6) is 0.589. The topological polar surface area (TPSA) is 87.3 Å². The average molecular weight is 393 g/mol. The van der Waals surface area contributed by atoms with Gasteiger partial charge in [0.2, 0.25) is 0 Å². The van der Waals surface area contributed by atoms with Crippen molar-refractivity contribution in [2.45, 2.75) is 18.9 Å². The number of aromatic amines is 1. The van der Waals surface area contributed by atoms with Gasteiger partial charge in [0.05, 0.1) is 15.4 Å². The Bertz CT molecular complexity index is 798. The van der Waals surface area contributed by atoms with Crippen molar-refractivity contribution >= 4 is 39.2 Å². The summed E-state index contributed by atoms with van der Waals surface area (Å²) < 4.78 is 5.66. The molecule has 3 fully saturated rings. The van der Waals surface area contributed by atoms with Crippen molar-refractivity contribution in [3.63, 3.8) is 0 Å². The number of amides is 1. The molecule has 1 amide bonds. The van der Waals surface area contributed by atoms with E-state index >= 15 is 0 Å². The van der Waals surface area contributed by atoms with Gasteiger partial charge in [0.25, 0.3) is 12.4 Å². The lowest BCUT2D eigenvalue weighted by molar-refractivity contribution is -0.120. The van der Waals surface area contributed by atoms with Gasteiger partial charge in [0.15, 0.2) is 11.4 Å². The molecule has 24 heavy (non-hydrogen) atoms. The number of benzene rings is 1. The second-order valence-corrected chi connectivity index (χ2v) is 7.16. The molecule has 2 N–H and O–H groups in total. The van der Waals surface area contributed by atoms with E-state index in [-0.39, 0.29) is 17.6 Å². The number of aromatic nitrogens is 2. The predicted octanol–water partition coefficient (Wildman–Crippen LogP) is 1.68. The van der Waals surface area contributed by atoms with Crippen molar-refractivity contribution in [1.29, 1.82) is 0 Å². The standard InChI is InChI=1S/C16H17BrN4O3/c17-10-1-2-11-13(15(10)24-8-22)14(20-19-11)16(23)18-12-7-21-5-3-9(12)4-6-21/h1-2,8-9,12H,3-7H2,(H,18,23)(H,19,20)/t12-/m1/s1. The molecule has 1 aromatic heterocycles. The molecule has 1 aromatic carbocycles. The number of carbonyl (C=O) groups excluding carboxylic acids is 2. The molecule has 3 saturated heterocycles. The van der Waals surface area contributed by atoms with Crippen LogP contribution >= 0.6 is 15.9 Å². The highest BCUT2D eigenvalue weighted by Gasteiger charge is 2.35. The second-order valence-electron chi connectivity index (χ2n) is 6.30. The van der Waals surface area contributed by atoms with Crippen LogP contribution in [0.5, 0.6) is 5.75 Å². The molecule has 1 atom stereocenters. The number of hydrogen-bond donors (Lipinski definition) is 2. The second kappa shape index (κ2) is 6.18. The summed E-state index contributed by atoms with van der Waals surface area (Å²) in [5, 5.41) is 10.6. The minimum atomic E-state index is -0.242. The van der Waals surface area contributed by atoms with Crippen LogP contribution in [0.1, 0.15) is 23.3 Å². The zero-order valence-electron chi connectivity index (χ0n) is 12.9. The van der Waals surface area contributed by atoms with Crippen LogP contribution in [0.25, 0.3) is 10.9 Å². The first-order chi connectivity index (χ1) is 11.7. The molecule has 0 spiro atoms. The molecular weight excluding hydrogens is 376 g/mol. The largest absolute Gasteiger partial charge is 0.427 e. The molecule has 0 radical (unpaired) electrons. The number of H-pyrrole nitrogens is 1. The van der Waals surface area contributed by atoms with Crippen LogP contribution in [-0.4, -0.2) is 53.2 Å². The molecule has 2 bridgehead atoms. The van der Waals surface area contributed by atoms with Gasteiger partial charge in [0.1, 0.15) is 0 Å². The van der Waals surface area contributed by atoms with Crippen molar-refractivity contribution < 1.29 is 14.3 Å². The monoisotopic (exact) mass is 392 g/mol. The molecule has 126 valence electrons. The van der Waals surface area contributed by atoms with E-state index in [1.807, 2.05) is 0 Å². The van der Waals surface area contributed by atoms with Crippen molar-refractivity contribution in [2.24, 2.45) is 5.92 Å². The van der Waals surface area contributed by atoms with E-state index in [1.165, 1.54) is 0 Å². The van der Waals surface area contributed by atoms with Gasteiger partial charge in [-0.15, -0.1) is 0 Å². The summed E-state index contributed by atoms with van der Waals surface area (Å²) in [4.78, 5) is 25.9. The van der Waals surface area contributed by atoms with Gasteiger partial charge in [-0.1, -0.05) is 0 Å². The summed E-state index contributed by atoms with van der Waals surface area (Å²) in [6.45, 7) is 3.47. The summed E-state index contributed by atoms with van der Waals surface area (Å²) in [6, 6.07) is 3.68. The fraction of sp³-hybridized carbons (Fsp3) is 0.438. The number of piperidine rings is 3. The third-order valence-electron chi connectivity index (χ3n) is 4.99. The number of ether oxygens (including phenoxy) is 1. The van der Waals surface area contributed by atoms with Gasteiger partial charge in [-0.25, -0.2) is 0 Å². The van der Waals surface area contributed by atoms with Crippen molar-refractivity contribution in [3.05, 3.63) is 22.3 Å². The third kappa shape index (κ3) is 2.59. The van der Waals surface area contributed by atoms with Gasteiger partial charge in [0, 0.05) is 12.6 Å². The Morgan fingerprint density at radius 3 is 2.88 bits per heavy atom. The molecule has 5 rings (SSSR count). The van der Waals surface area contributed by atoms with Crippen LogP contribution in [0.2, 0.25) is 0 Å². The fourth-order valence-electron chi connectivity index (χ4n) is 3.75. The SMILES string of the molecule is O=COc1c(Br)ccc2[nH]nc(C(=O)N[C@@H]3CN4CCC3CC4)c12. The van der Waals surface area contributed by atoms with Gasteiger partial charge in [-0.2, -0.15) is 5.10 Å². The van der Waals surface area contributed by atoms with Gasteiger partial charge in [-0.3, -0.25) is 14.7 Å².